The summed E-state index contributed by atoms with van der Waals surface area (Å²) < 4.78 is 18.1. The summed E-state index contributed by atoms with van der Waals surface area (Å²) in [6, 6.07) is 10.3. The number of anilines is 1. The summed E-state index contributed by atoms with van der Waals surface area (Å²) in [6.45, 7) is 2.56. The smallest absolute Gasteiger partial charge is 0.373 e. The number of aliphatic carboxylic acids is 1. The Morgan fingerprint density at radius 2 is 1.91 bits per heavy atom. The quantitative estimate of drug-likeness (QED) is 0.228. The number of hydrogen-bond acceptors (Lipinski definition) is 10. The van der Waals surface area contributed by atoms with Gasteiger partial charge in [-0.1, -0.05) is 24.8 Å². The first-order valence-corrected chi connectivity index (χ1v) is 13.5. The van der Waals surface area contributed by atoms with Crippen LogP contribution in [0.4, 0.5) is 10.3 Å². The number of aromatic nitrogens is 6. The minimum absolute atomic E-state index is 0.0179. The standard InChI is InChI=1S/C27H24FN7O2.C3H4O2.CO2/c1-34-13-15(12-30-34)9-23-31-25(33-27(29)32-23)19-3-2-4-22(20(19)14-36)35-8-7-17-10-18(16-5-6-16)11-21(28)24(17)26(35)37;1-2-3(4)5;2-1-3/h2-4,7-8,10-13,16,36H,5-6,9,14H2,1H3,(H2,29,31,32,33);2H,1H2,(H,4,5);. The van der Waals surface area contributed by atoms with Gasteiger partial charge in [0, 0.05) is 43.1 Å². The minimum Gasteiger partial charge on any atom is -0.478 e. The Balaban J connectivity index is 0.000000518. The highest BCUT2D eigenvalue weighted by molar-refractivity contribution is 5.83. The number of nitrogen functional groups attached to an aromatic ring is 1. The fourth-order valence-electron chi connectivity index (χ4n) is 4.75. The lowest BCUT2D eigenvalue weighted by Gasteiger charge is -2.15. The van der Waals surface area contributed by atoms with E-state index in [4.69, 9.17) is 20.4 Å². The van der Waals surface area contributed by atoms with Crippen LogP contribution < -0.4 is 11.3 Å². The third-order valence-corrected chi connectivity index (χ3v) is 6.83. The second-order valence-corrected chi connectivity index (χ2v) is 9.95. The maximum Gasteiger partial charge on any atom is 0.373 e. The van der Waals surface area contributed by atoms with E-state index in [1.165, 1.54) is 10.6 Å². The van der Waals surface area contributed by atoms with Gasteiger partial charge in [-0.15, -0.1) is 0 Å². The Hall–Kier alpha value is -5.85. The maximum absolute atomic E-state index is 15.1. The van der Waals surface area contributed by atoms with Gasteiger partial charge in [0.1, 0.15) is 11.6 Å². The van der Waals surface area contributed by atoms with Crippen LogP contribution in [-0.2, 0) is 34.5 Å². The first-order valence-electron chi connectivity index (χ1n) is 13.5. The van der Waals surface area contributed by atoms with Crippen LogP contribution in [0.15, 0.2) is 72.4 Å². The number of fused-ring (bicyclic) bond motifs is 1. The fourth-order valence-corrected chi connectivity index (χ4v) is 4.75. The van der Waals surface area contributed by atoms with Crippen molar-refractivity contribution >= 4 is 28.8 Å². The second kappa shape index (κ2) is 14.1. The predicted molar refractivity (Wildman–Crippen MR) is 159 cm³/mol. The van der Waals surface area contributed by atoms with Gasteiger partial charge in [0.15, 0.2) is 5.82 Å². The van der Waals surface area contributed by atoms with E-state index in [0.717, 1.165) is 30.0 Å². The number of hydrogen-bond donors (Lipinski definition) is 3. The first-order chi connectivity index (χ1) is 21.6. The minimum atomic E-state index is -0.981. The molecule has 1 saturated carbocycles. The van der Waals surface area contributed by atoms with Gasteiger partial charge in [-0.05, 0) is 53.5 Å². The van der Waals surface area contributed by atoms with Gasteiger partial charge in [0.25, 0.3) is 5.56 Å². The van der Waals surface area contributed by atoms with E-state index in [1.54, 1.807) is 41.3 Å². The number of carbonyl (C=O) groups excluding carboxylic acids is 2. The predicted octanol–water partition coefficient (Wildman–Crippen LogP) is 2.93. The molecule has 230 valence electrons. The highest BCUT2D eigenvalue weighted by atomic mass is 19.1. The Morgan fingerprint density at radius 1 is 1.20 bits per heavy atom. The third kappa shape index (κ3) is 7.57. The molecule has 2 aromatic carbocycles. The molecular formula is C31H28FN7O6. The summed E-state index contributed by atoms with van der Waals surface area (Å²) in [7, 11) is 1.82. The lowest BCUT2D eigenvalue weighted by atomic mass is 10.0. The van der Waals surface area contributed by atoms with Crippen LogP contribution >= 0.6 is 0 Å². The van der Waals surface area contributed by atoms with Gasteiger partial charge in [-0.3, -0.25) is 14.0 Å². The molecule has 0 spiro atoms. The zero-order valence-electron chi connectivity index (χ0n) is 24.1. The van der Waals surface area contributed by atoms with Crippen LogP contribution in [0.2, 0.25) is 0 Å². The van der Waals surface area contributed by atoms with Gasteiger partial charge >= 0.3 is 12.1 Å². The van der Waals surface area contributed by atoms with Gasteiger partial charge in [-0.2, -0.15) is 24.7 Å². The summed E-state index contributed by atoms with van der Waals surface area (Å²) in [6.07, 6.45) is 8.75. The number of aliphatic hydroxyl groups is 1. The van der Waals surface area contributed by atoms with Crippen LogP contribution in [0.1, 0.15) is 41.3 Å². The van der Waals surface area contributed by atoms with E-state index >= 15 is 4.39 Å². The second-order valence-electron chi connectivity index (χ2n) is 9.95. The van der Waals surface area contributed by atoms with Crippen molar-refractivity contribution in [2.75, 3.05) is 5.73 Å². The molecule has 3 heterocycles. The molecule has 0 aliphatic heterocycles. The molecule has 6 rings (SSSR count). The number of aryl methyl sites for hydroxylation is 1. The molecule has 0 atom stereocenters. The van der Waals surface area contributed by atoms with Gasteiger partial charge in [-0.25, -0.2) is 14.2 Å². The number of pyridine rings is 1. The average molecular weight is 614 g/mol. The summed E-state index contributed by atoms with van der Waals surface area (Å²) in [4.78, 5) is 52.1. The average Bonchev–Trinajstić information content (AvgIpc) is 3.78. The molecule has 4 N–H and O–H groups in total. The van der Waals surface area contributed by atoms with Crippen molar-refractivity contribution in [1.29, 1.82) is 0 Å². The molecule has 45 heavy (non-hydrogen) atoms. The molecule has 3 aromatic heterocycles. The van der Waals surface area contributed by atoms with Crippen LogP contribution in [-0.4, -0.2) is 51.6 Å². The van der Waals surface area contributed by atoms with Crippen molar-refractivity contribution in [3.63, 3.8) is 0 Å². The molecule has 0 unspecified atom stereocenters. The first kappa shape index (κ1) is 32.1. The van der Waals surface area contributed by atoms with Crippen LogP contribution in [0, 0.1) is 5.82 Å². The van der Waals surface area contributed by atoms with Gasteiger partial charge in [0.2, 0.25) is 5.95 Å². The number of nitrogens with zero attached hydrogens (tertiary/aromatic N) is 6. The van der Waals surface area contributed by atoms with E-state index < -0.39 is 24.0 Å². The van der Waals surface area contributed by atoms with Crippen LogP contribution in [0.5, 0.6) is 0 Å². The summed E-state index contributed by atoms with van der Waals surface area (Å²) >= 11 is 0. The number of rotatable bonds is 7. The monoisotopic (exact) mass is 613 g/mol. The largest absolute Gasteiger partial charge is 0.478 e. The summed E-state index contributed by atoms with van der Waals surface area (Å²) in [5.74, 6) is -0.396. The van der Waals surface area contributed by atoms with Crippen molar-refractivity contribution < 1.29 is 29.0 Å². The number of halogens is 1. The van der Waals surface area contributed by atoms with Crippen molar-refractivity contribution in [2.24, 2.45) is 7.05 Å². The van der Waals surface area contributed by atoms with Crippen molar-refractivity contribution in [3.05, 3.63) is 106 Å². The topological polar surface area (TPSA) is 196 Å². The molecule has 0 radical (unpaired) electrons. The molecule has 0 amide bonds. The number of nitrogens with two attached hydrogens (primary N) is 1. The van der Waals surface area contributed by atoms with Crippen molar-refractivity contribution in [2.45, 2.75) is 31.8 Å². The Bertz CT molecular complexity index is 1980. The van der Waals surface area contributed by atoms with Crippen molar-refractivity contribution in [1.82, 2.24) is 29.3 Å². The Morgan fingerprint density at radius 3 is 2.51 bits per heavy atom. The molecule has 1 aliphatic rings. The number of aliphatic hydroxyl groups excluding tert-OH is 1. The summed E-state index contributed by atoms with van der Waals surface area (Å²) in [5, 5.41) is 22.7. The number of benzene rings is 2. The Kier molecular flexibility index (Phi) is 10.0. The number of carbonyl (C=O) groups is 1. The van der Waals surface area contributed by atoms with E-state index in [0.29, 0.717) is 40.4 Å². The normalized spacial score (nSPS) is 11.9. The third-order valence-electron chi connectivity index (χ3n) is 6.83. The highest BCUT2D eigenvalue weighted by Crippen LogP contribution is 2.41. The van der Waals surface area contributed by atoms with E-state index in [1.807, 2.05) is 19.3 Å². The molecular weight excluding hydrogens is 585 g/mol. The molecule has 1 fully saturated rings. The SMILES string of the molecule is C=CC(=O)O.Cn1cc(Cc2nc(N)nc(-c3cccc(-n4ccc5cc(C6CC6)cc(F)c5c4=O)c3CO)n2)cn1.O=C=O. The molecule has 1 aliphatic carbocycles. The van der Waals surface area contributed by atoms with E-state index in [9.17, 15) is 14.7 Å². The molecule has 14 heteroatoms. The van der Waals surface area contributed by atoms with E-state index in [-0.39, 0.29) is 23.3 Å². The molecule has 5 aromatic rings. The van der Waals surface area contributed by atoms with Gasteiger partial charge in [0.05, 0.1) is 23.9 Å². The highest BCUT2D eigenvalue weighted by Gasteiger charge is 2.25. The maximum atomic E-state index is 15.1. The Labute approximate surface area is 255 Å². The van der Waals surface area contributed by atoms with Crippen LogP contribution in [0.3, 0.4) is 0 Å². The lowest BCUT2D eigenvalue weighted by Crippen LogP contribution is -2.20. The fraction of sp³-hybridized carbons (Fsp3) is 0.194. The van der Waals surface area contributed by atoms with E-state index in [2.05, 4.69) is 26.6 Å². The number of carboxylic acid groups (broad SMARTS) is 1. The lowest BCUT2D eigenvalue weighted by molar-refractivity contribution is -0.191. The van der Waals surface area contributed by atoms with Crippen LogP contribution in [0.25, 0.3) is 27.8 Å². The van der Waals surface area contributed by atoms with Crippen molar-refractivity contribution in [3.8, 4) is 17.1 Å². The molecule has 0 saturated heterocycles. The zero-order chi connectivity index (χ0) is 32.7. The summed E-state index contributed by atoms with van der Waals surface area (Å²) in [5.41, 5.74) is 8.64. The van der Waals surface area contributed by atoms with Gasteiger partial charge < -0.3 is 15.9 Å². The molecule has 0 bridgehead atoms. The zero-order valence-corrected chi connectivity index (χ0v) is 24.1. The number of carboxylic acids is 1. The molecule has 13 nitrogen and oxygen atoms in total.